The molecule has 0 spiro atoms. The van der Waals surface area contributed by atoms with Crippen LogP contribution in [-0.4, -0.2) is 21.1 Å². The second kappa shape index (κ2) is 8.22. The Bertz CT molecular complexity index is 757. The van der Waals surface area contributed by atoms with Crippen LogP contribution in [0, 0.1) is 5.92 Å². The molecule has 1 atom stereocenters. The Morgan fingerprint density at radius 1 is 1.40 bits per heavy atom. The van der Waals surface area contributed by atoms with Gasteiger partial charge in [0, 0.05) is 12.4 Å². The molecule has 2 heterocycles. The summed E-state index contributed by atoms with van der Waals surface area (Å²) in [7, 11) is 0. The molecule has 1 aliphatic rings. The van der Waals surface area contributed by atoms with Gasteiger partial charge in [-0.3, -0.25) is 4.98 Å². The lowest BCUT2D eigenvalue weighted by atomic mass is 10.2. The first-order valence-corrected chi connectivity index (χ1v) is 8.92. The average Bonchev–Trinajstić information content (AvgIpc) is 3.46. The summed E-state index contributed by atoms with van der Waals surface area (Å²) in [4.78, 5) is 12.9. The van der Waals surface area contributed by atoms with E-state index in [9.17, 15) is 0 Å². The minimum Gasteiger partial charge on any atom is -0.654 e. The molecule has 1 saturated carbocycles. The second-order valence-corrected chi connectivity index (χ2v) is 6.75. The molecule has 1 unspecified atom stereocenters. The first-order chi connectivity index (χ1) is 12.1. The lowest BCUT2D eigenvalue weighted by Crippen LogP contribution is -2.14. The van der Waals surface area contributed by atoms with Crippen molar-refractivity contribution in [3.8, 4) is 0 Å². The van der Waals surface area contributed by atoms with Gasteiger partial charge >= 0.3 is 0 Å². The Hall–Kier alpha value is -2.25. The molecule has 0 aliphatic heterocycles. The minimum absolute atomic E-state index is 0.481. The van der Waals surface area contributed by atoms with Crippen LogP contribution in [0.1, 0.15) is 18.5 Å². The number of aromatic nitrogens is 3. The number of nitrogens with one attached hydrogen (secondary N) is 3. The molecule has 3 N–H and O–H groups in total. The van der Waals surface area contributed by atoms with Crippen LogP contribution in [-0.2, 0) is 6.54 Å². The van der Waals surface area contributed by atoms with E-state index < -0.39 is 6.17 Å². The fourth-order valence-corrected chi connectivity index (χ4v) is 2.54. The maximum Gasteiger partial charge on any atom is 0.224 e. The molecule has 0 aromatic carbocycles. The predicted octanol–water partition coefficient (Wildman–Crippen LogP) is 4.56. The number of nitrogens with zero attached hydrogens (tertiary/aromatic N) is 3. The maximum atomic E-state index is 8.12. The van der Waals surface area contributed by atoms with Gasteiger partial charge in [-0.05, 0) is 53.0 Å². The Morgan fingerprint density at radius 2 is 2.24 bits per heavy atom. The van der Waals surface area contributed by atoms with Crippen LogP contribution in [0.2, 0.25) is 0 Å². The van der Waals surface area contributed by atoms with Gasteiger partial charge in [0.15, 0.2) is 0 Å². The molecule has 1 aliphatic carbocycles. The van der Waals surface area contributed by atoms with Crippen LogP contribution >= 0.6 is 15.9 Å². The molecule has 0 bridgehead atoms. The largest absolute Gasteiger partial charge is 0.654 e. The molecule has 2 aromatic heterocycles. The normalized spacial score (nSPS) is 15.1. The topological polar surface area (TPSA) is 86.5 Å². The van der Waals surface area contributed by atoms with Crippen LogP contribution in [0.5, 0.6) is 0 Å². The number of anilines is 2. The molecular formula is C18H20BrN6-. The van der Waals surface area contributed by atoms with Crippen LogP contribution in [0.4, 0.5) is 11.8 Å². The van der Waals surface area contributed by atoms with Crippen molar-refractivity contribution in [2.75, 3.05) is 10.6 Å². The third kappa shape index (κ3) is 5.37. The van der Waals surface area contributed by atoms with Gasteiger partial charge in [0.1, 0.15) is 5.82 Å². The Balaban J connectivity index is 1.59. The fourth-order valence-electron chi connectivity index (χ4n) is 2.23. The highest BCUT2D eigenvalue weighted by molar-refractivity contribution is 9.10. The smallest absolute Gasteiger partial charge is 0.224 e. The van der Waals surface area contributed by atoms with Crippen molar-refractivity contribution < 1.29 is 0 Å². The zero-order valence-corrected chi connectivity index (χ0v) is 15.3. The fraction of sp³-hybridized carbons (Fsp3) is 0.278. The summed E-state index contributed by atoms with van der Waals surface area (Å²) in [6.45, 7) is 4.57. The summed E-state index contributed by atoms with van der Waals surface area (Å²) < 4.78 is 0.711. The van der Waals surface area contributed by atoms with Gasteiger partial charge in [-0.2, -0.15) is 4.98 Å². The van der Waals surface area contributed by atoms with E-state index in [1.807, 2.05) is 24.3 Å². The zero-order valence-electron chi connectivity index (χ0n) is 13.7. The van der Waals surface area contributed by atoms with Crippen molar-refractivity contribution in [3.05, 3.63) is 70.8 Å². The third-order valence-corrected chi connectivity index (χ3v) is 4.37. The van der Waals surface area contributed by atoms with Crippen molar-refractivity contribution in [2.24, 2.45) is 5.92 Å². The Kier molecular flexibility index (Phi) is 5.78. The van der Waals surface area contributed by atoms with E-state index in [-0.39, 0.29) is 0 Å². The molecule has 2 aromatic rings. The van der Waals surface area contributed by atoms with E-state index in [1.54, 1.807) is 18.5 Å². The quantitative estimate of drug-likeness (QED) is 0.635. The molecule has 0 amide bonds. The molecule has 0 saturated heterocycles. The van der Waals surface area contributed by atoms with Gasteiger partial charge in [0.2, 0.25) is 5.95 Å². The minimum atomic E-state index is -0.606. The summed E-state index contributed by atoms with van der Waals surface area (Å²) >= 11 is 3.42. The number of hydrogen-bond donors (Lipinski definition) is 2. The van der Waals surface area contributed by atoms with E-state index in [2.05, 4.69) is 48.1 Å². The SMILES string of the molecule is C=C(/C=C/C([NH-])Nc1nc(NCc2ccccn2)ncc1Br)C1CC1. The van der Waals surface area contributed by atoms with Crippen molar-refractivity contribution in [2.45, 2.75) is 25.6 Å². The first kappa shape index (κ1) is 17.6. The van der Waals surface area contributed by atoms with Gasteiger partial charge in [-0.25, -0.2) is 4.98 Å². The molecule has 0 radical (unpaired) electrons. The van der Waals surface area contributed by atoms with Crippen LogP contribution < -0.4 is 10.6 Å². The van der Waals surface area contributed by atoms with Crippen molar-refractivity contribution in [1.29, 1.82) is 0 Å². The lowest BCUT2D eigenvalue weighted by Gasteiger charge is -2.20. The maximum absolute atomic E-state index is 8.12. The molecule has 3 rings (SSSR count). The van der Waals surface area contributed by atoms with Crippen LogP contribution in [0.25, 0.3) is 5.73 Å². The van der Waals surface area contributed by atoms with Gasteiger partial charge in [-0.1, -0.05) is 30.4 Å². The Morgan fingerprint density at radius 3 is 2.96 bits per heavy atom. The third-order valence-electron chi connectivity index (χ3n) is 3.79. The molecule has 6 nitrogen and oxygen atoms in total. The lowest BCUT2D eigenvalue weighted by molar-refractivity contribution is 0.987. The van der Waals surface area contributed by atoms with Gasteiger partial charge in [0.25, 0.3) is 0 Å². The van der Waals surface area contributed by atoms with Crippen molar-refractivity contribution in [3.63, 3.8) is 0 Å². The van der Waals surface area contributed by atoms with E-state index >= 15 is 0 Å². The zero-order chi connectivity index (χ0) is 17.6. The van der Waals surface area contributed by atoms with E-state index in [0.29, 0.717) is 28.7 Å². The summed E-state index contributed by atoms with van der Waals surface area (Å²) in [5, 5.41) is 6.18. The standard InChI is InChI=1S/C18H20BrN6/c1-12(13-6-7-13)5-8-16(20)24-17-15(19)11-23-18(25-17)22-10-14-4-2-3-9-21-14/h2-5,8-9,11,13,16,20H,1,6-7,10H2,(H2,22,23,24,25)/q-1/b8-5+. The summed E-state index contributed by atoms with van der Waals surface area (Å²) in [6, 6.07) is 5.75. The van der Waals surface area contributed by atoms with Gasteiger partial charge in [0.05, 0.1) is 16.7 Å². The molecule has 1 fully saturated rings. The number of halogens is 1. The number of allylic oxidation sites excluding steroid dienone is 2. The summed E-state index contributed by atoms with van der Waals surface area (Å²) in [5.74, 6) is 1.66. The first-order valence-electron chi connectivity index (χ1n) is 8.13. The molecule has 130 valence electrons. The molecule has 25 heavy (non-hydrogen) atoms. The van der Waals surface area contributed by atoms with E-state index in [1.165, 1.54) is 12.8 Å². The van der Waals surface area contributed by atoms with Crippen molar-refractivity contribution in [1.82, 2.24) is 15.0 Å². The monoisotopic (exact) mass is 399 g/mol. The highest BCUT2D eigenvalue weighted by Gasteiger charge is 2.22. The average molecular weight is 400 g/mol. The van der Waals surface area contributed by atoms with Crippen LogP contribution in [0.15, 0.2) is 59.4 Å². The van der Waals surface area contributed by atoms with Gasteiger partial charge < -0.3 is 16.4 Å². The predicted molar refractivity (Wildman–Crippen MR) is 104 cm³/mol. The van der Waals surface area contributed by atoms with Crippen LogP contribution in [0.3, 0.4) is 0 Å². The number of pyridine rings is 1. The van der Waals surface area contributed by atoms with E-state index in [4.69, 9.17) is 5.73 Å². The summed E-state index contributed by atoms with van der Waals surface area (Å²) in [6.07, 6.45) is 8.94. The van der Waals surface area contributed by atoms with Gasteiger partial charge in [-0.15, -0.1) is 0 Å². The number of hydrogen-bond acceptors (Lipinski definition) is 5. The highest BCUT2D eigenvalue weighted by atomic mass is 79.9. The second-order valence-electron chi connectivity index (χ2n) is 5.90. The molecule has 7 heteroatoms. The highest BCUT2D eigenvalue weighted by Crippen LogP contribution is 2.36. The summed E-state index contributed by atoms with van der Waals surface area (Å²) in [5.41, 5.74) is 10.1. The van der Waals surface area contributed by atoms with E-state index in [0.717, 1.165) is 11.3 Å². The Labute approximate surface area is 155 Å². The number of rotatable bonds is 8. The molecular weight excluding hydrogens is 380 g/mol. The van der Waals surface area contributed by atoms with Crippen molar-refractivity contribution >= 4 is 27.7 Å².